The molecule has 0 unspecified atom stereocenters. The van der Waals surface area contributed by atoms with Crippen LogP contribution in [0, 0.1) is 5.92 Å². The highest BCUT2D eigenvalue weighted by Gasteiger charge is 2.10. The minimum atomic E-state index is 0.00891. The Labute approximate surface area is 100 Å². The van der Waals surface area contributed by atoms with Crippen molar-refractivity contribution in [1.29, 1.82) is 0 Å². The summed E-state index contributed by atoms with van der Waals surface area (Å²) in [6, 6.07) is 0. The van der Waals surface area contributed by atoms with E-state index in [1.54, 1.807) is 0 Å². The molecule has 0 aliphatic rings. The molecule has 0 spiro atoms. The molecule has 2 N–H and O–H groups in total. The number of carbonyl (C=O) groups is 1. The fraction of sp³-hybridized carbons (Fsp3) is 0.923. The van der Waals surface area contributed by atoms with E-state index in [1.165, 1.54) is 12.8 Å². The molecule has 0 atom stereocenters. The maximum atomic E-state index is 11.4. The van der Waals surface area contributed by atoms with Gasteiger partial charge in [-0.15, -0.1) is 0 Å². The van der Waals surface area contributed by atoms with Crippen molar-refractivity contribution in [2.75, 3.05) is 13.1 Å². The minimum absolute atomic E-state index is 0.00891. The lowest BCUT2D eigenvalue weighted by Crippen LogP contribution is -2.43. The van der Waals surface area contributed by atoms with E-state index in [2.05, 4.69) is 45.3 Å². The normalized spacial score (nSPS) is 11.9. The number of hydrogen-bond donors (Lipinski definition) is 2. The van der Waals surface area contributed by atoms with Crippen molar-refractivity contribution >= 4 is 5.91 Å². The van der Waals surface area contributed by atoms with Crippen LogP contribution in [0.5, 0.6) is 0 Å². The highest BCUT2D eigenvalue weighted by atomic mass is 16.1. The smallest absolute Gasteiger partial charge is 0.233 e. The monoisotopic (exact) mass is 228 g/mol. The summed E-state index contributed by atoms with van der Waals surface area (Å²) in [4.78, 5) is 11.4. The summed E-state index contributed by atoms with van der Waals surface area (Å²) in [6.07, 6.45) is 3.53. The Morgan fingerprint density at radius 2 is 1.81 bits per heavy atom. The van der Waals surface area contributed by atoms with Crippen LogP contribution in [0.4, 0.5) is 0 Å². The number of unbranched alkanes of at least 4 members (excludes halogenated alkanes) is 1. The average Bonchev–Trinajstić information content (AvgIpc) is 2.12. The summed E-state index contributed by atoms with van der Waals surface area (Å²) in [5.74, 6) is 0.859. The first-order valence-electron chi connectivity index (χ1n) is 6.33. The van der Waals surface area contributed by atoms with Crippen molar-refractivity contribution < 1.29 is 4.79 Å². The molecule has 0 heterocycles. The third-order valence-corrected chi connectivity index (χ3v) is 2.31. The lowest BCUT2D eigenvalue weighted by atomic mass is 10.1. The Morgan fingerprint density at radius 3 is 2.31 bits per heavy atom. The standard InChI is InChI=1S/C13H28N2O/c1-11(2)8-6-7-9-14-12(16)10-15-13(3,4)5/h11,15H,6-10H2,1-5H3,(H,14,16). The van der Waals surface area contributed by atoms with Crippen molar-refractivity contribution in [3.05, 3.63) is 0 Å². The van der Waals surface area contributed by atoms with E-state index in [-0.39, 0.29) is 11.4 Å². The molecule has 0 rings (SSSR count). The summed E-state index contributed by atoms with van der Waals surface area (Å²) in [5, 5.41) is 6.10. The predicted molar refractivity (Wildman–Crippen MR) is 69.5 cm³/mol. The van der Waals surface area contributed by atoms with Crippen LogP contribution in [0.15, 0.2) is 0 Å². The Bertz CT molecular complexity index is 195. The molecule has 0 saturated heterocycles. The van der Waals surface area contributed by atoms with Gasteiger partial charge in [0.1, 0.15) is 0 Å². The van der Waals surface area contributed by atoms with E-state index >= 15 is 0 Å². The zero-order valence-corrected chi connectivity index (χ0v) is 11.5. The Morgan fingerprint density at radius 1 is 1.19 bits per heavy atom. The Hall–Kier alpha value is -0.570. The molecule has 0 saturated carbocycles. The largest absolute Gasteiger partial charge is 0.355 e. The molecule has 96 valence electrons. The quantitative estimate of drug-likeness (QED) is 0.657. The number of carbonyl (C=O) groups excluding carboxylic acids is 1. The molecule has 0 aromatic carbocycles. The van der Waals surface area contributed by atoms with Gasteiger partial charge in [0, 0.05) is 12.1 Å². The molecule has 16 heavy (non-hydrogen) atoms. The zero-order chi connectivity index (χ0) is 12.6. The van der Waals surface area contributed by atoms with E-state index in [1.807, 2.05) is 0 Å². The van der Waals surface area contributed by atoms with Crippen LogP contribution in [0.3, 0.4) is 0 Å². The first kappa shape index (κ1) is 15.4. The van der Waals surface area contributed by atoms with Crippen LogP contribution in [0.25, 0.3) is 0 Å². The fourth-order valence-electron chi connectivity index (χ4n) is 1.31. The summed E-state index contributed by atoms with van der Waals surface area (Å²) in [5.41, 5.74) is 0.00891. The summed E-state index contributed by atoms with van der Waals surface area (Å²) >= 11 is 0. The van der Waals surface area contributed by atoms with Gasteiger partial charge in [-0.3, -0.25) is 4.79 Å². The van der Waals surface area contributed by atoms with E-state index in [0.717, 1.165) is 18.9 Å². The number of rotatable bonds is 7. The molecular weight excluding hydrogens is 200 g/mol. The van der Waals surface area contributed by atoms with Gasteiger partial charge in [-0.25, -0.2) is 0 Å². The van der Waals surface area contributed by atoms with Gasteiger partial charge in [0.2, 0.25) is 5.91 Å². The first-order chi connectivity index (χ1) is 7.31. The first-order valence-corrected chi connectivity index (χ1v) is 6.33. The molecule has 0 aromatic rings. The van der Waals surface area contributed by atoms with Gasteiger partial charge < -0.3 is 10.6 Å². The maximum absolute atomic E-state index is 11.4. The zero-order valence-electron chi connectivity index (χ0n) is 11.5. The van der Waals surface area contributed by atoms with Gasteiger partial charge in [0.25, 0.3) is 0 Å². The van der Waals surface area contributed by atoms with Gasteiger partial charge in [-0.05, 0) is 33.1 Å². The van der Waals surface area contributed by atoms with Crippen LogP contribution >= 0.6 is 0 Å². The van der Waals surface area contributed by atoms with Gasteiger partial charge in [0.05, 0.1) is 6.54 Å². The number of hydrogen-bond acceptors (Lipinski definition) is 2. The van der Waals surface area contributed by atoms with Crippen molar-refractivity contribution in [1.82, 2.24) is 10.6 Å². The summed E-state index contributed by atoms with van der Waals surface area (Å²) in [6.45, 7) is 11.8. The van der Waals surface area contributed by atoms with Crippen LogP contribution < -0.4 is 10.6 Å². The molecular formula is C13H28N2O. The molecule has 3 nitrogen and oxygen atoms in total. The van der Waals surface area contributed by atoms with E-state index < -0.39 is 0 Å². The van der Waals surface area contributed by atoms with Gasteiger partial charge >= 0.3 is 0 Å². The molecule has 0 aliphatic heterocycles. The topological polar surface area (TPSA) is 41.1 Å². The molecule has 1 amide bonds. The van der Waals surface area contributed by atoms with Crippen LogP contribution in [0.1, 0.15) is 53.9 Å². The molecule has 0 aliphatic carbocycles. The highest BCUT2D eigenvalue weighted by molar-refractivity contribution is 5.78. The van der Waals surface area contributed by atoms with Gasteiger partial charge in [0.15, 0.2) is 0 Å². The summed E-state index contributed by atoms with van der Waals surface area (Å²) in [7, 11) is 0. The second-order valence-corrected chi connectivity index (χ2v) is 5.84. The maximum Gasteiger partial charge on any atom is 0.233 e. The van der Waals surface area contributed by atoms with Crippen molar-refractivity contribution in [2.24, 2.45) is 5.92 Å². The Balaban J connectivity index is 3.38. The number of nitrogens with one attached hydrogen (secondary N) is 2. The average molecular weight is 228 g/mol. The number of amides is 1. The van der Waals surface area contributed by atoms with E-state index in [4.69, 9.17) is 0 Å². The Kier molecular flexibility index (Phi) is 7.39. The molecule has 0 radical (unpaired) electrons. The summed E-state index contributed by atoms with van der Waals surface area (Å²) < 4.78 is 0. The molecule has 0 bridgehead atoms. The second kappa shape index (κ2) is 7.66. The van der Waals surface area contributed by atoms with Gasteiger partial charge in [-0.2, -0.15) is 0 Å². The van der Waals surface area contributed by atoms with Crippen LogP contribution in [-0.2, 0) is 4.79 Å². The molecule has 3 heteroatoms. The van der Waals surface area contributed by atoms with Crippen molar-refractivity contribution in [3.63, 3.8) is 0 Å². The van der Waals surface area contributed by atoms with E-state index in [0.29, 0.717) is 6.54 Å². The lowest BCUT2D eigenvalue weighted by molar-refractivity contribution is -0.120. The molecule has 0 aromatic heterocycles. The molecule has 0 fully saturated rings. The van der Waals surface area contributed by atoms with Crippen LogP contribution in [0.2, 0.25) is 0 Å². The van der Waals surface area contributed by atoms with Crippen LogP contribution in [-0.4, -0.2) is 24.5 Å². The second-order valence-electron chi connectivity index (χ2n) is 5.84. The minimum Gasteiger partial charge on any atom is -0.355 e. The SMILES string of the molecule is CC(C)CCCCNC(=O)CNC(C)(C)C. The van der Waals surface area contributed by atoms with Gasteiger partial charge in [-0.1, -0.05) is 26.7 Å². The van der Waals surface area contributed by atoms with Crippen molar-refractivity contribution in [3.8, 4) is 0 Å². The predicted octanol–water partition coefficient (Wildman–Crippen LogP) is 2.32. The van der Waals surface area contributed by atoms with E-state index in [9.17, 15) is 4.79 Å². The van der Waals surface area contributed by atoms with Crippen molar-refractivity contribution in [2.45, 2.75) is 59.4 Å². The fourth-order valence-corrected chi connectivity index (χ4v) is 1.31. The lowest BCUT2D eigenvalue weighted by Gasteiger charge is -2.20. The third-order valence-electron chi connectivity index (χ3n) is 2.31. The third kappa shape index (κ3) is 11.5. The highest BCUT2D eigenvalue weighted by Crippen LogP contribution is 2.04.